The molecule has 154 valence electrons. The minimum absolute atomic E-state index is 0. The summed E-state index contributed by atoms with van der Waals surface area (Å²) in [7, 11) is 0. The van der Waals surface area contributed by atoms with Crippen LogP contribution in [0.4, 0.5) is 0 Å². The quantitative estimate of drug-likeness (QED) is 0.280. The lowest BCUT2D eigenvalue weighted by atomic mass is 10.00. The number of halogens is 1. The van der Waals surface area contributed by atoms with Gasteiger partial charge in [-0.1, -0.05) is 42.5 Å². The van der Waals surface area contributed by atoms with Gasteiger partial charge in [-0.2, -0.15) is 0 Å². The smallest absolute Gasteiger partial charge is 0.191 e. The molecule has 0 bridgehead atoms. The molecular weight excluding hydrogens is 465 g/mol. The van der Waals surface area contributed by atoms with Crippen molar-refractivity contribution in [1.29, 1.82) is 0 Å². The maximum atomic E-state index is 10.1. The predicted molar refractivity (Wildman–Crippen MR) is 126 cm³/mol. The lowest BCUT2D eigenvalue weighted by molar-refractivity contribution is 0.0368. The Balaban J connectivity index is 0.00000280. The minimum Gasteiger partial charge on any atom is -0.389 e. The van der Waals surface area contributed by atoms with E-state index < -0.39 is 6.10 Å². The molecule has 1 aliphatic rings. The number of guanidine groups is 1. The first-order chi connectivity index (χ1) is 13.2. The van der Waals surface area contributed by atoms with Crippen LogP contribution in [0.1, 0.15) is 38.3 Å². The van der Waals surface area contributed by atoms with E-state index in [1.54, 1.807) is 0 Å². The van der Waals surface area contributed by atoms with Crippen molar-refractivity contribution in [1.82, 2.24) is 10.6 Å². The fraction of sp³-hybridized carbons (Fsp3) is 0.500. The van der Waals surface area contributed by atoms with Crippen LogP contribution in [0.5, 0.6) is 0 Å². The van der Waals surface area contributed by atoms with Crippen LogP contribution in [-0.4, -0.2) is 43.5 Å². The Bertz CT molecular complexity index is 759. The number of nitrogens with zero attached hydrogens (tertiary/aromatic N) is 1. The molecule has 28 heavy (non-hydrogen) atoms. The Morgan fingerprint density at radius 2 is 1.96 bits per heavy atom. The van der Waals surface area contributed by atoms with Crippen molar-refractivity contribution in [3.63, 3.8) is 0 Å². The van der Waals surface area contributed by atoms with E-state index in [0.29, 0.717) is 25.0 Å². The van der Waals surface area contributed by atoms with Crippen LogP contribution in [0.3, 0.4) is 0 Å². The number of fused-ring (bicyclic) bond motifs is 1. The lowest BCUT2D eigenvalue weighted by Gasteiger charge is -2.20. The van der Waals surface area contributed by atoms with Crippen LogP contribution in [0.25, 0.3) is 10.8 Å². The van der Waals surface area contributed by atoms with Gasteiger partial charge in [-0.15, -0.1) is 24.0 Å². The SMILES string of the molecule is CCNC(=NCC(O)COCC1CC1)NC(C)c1cccc2ccccc12.I. The highest BCUT2D eigenvalue weighted by Crippen LogP contribution is 2.28. The van der Waals surface area contributed by atoms with Gasteiger partial charge >= 0.3 is 0 Å². The summed E-state index contributed by atoms with van der Waals surface area (Å²) in [4.78, 5) is 4.54. The monoisotopic (exact) mass is 497 g/mol. The number of ether oxygens (including phenoxy) is 1. The number of rotatable bonds is 9. The second-order valence-electron chi connectivity index (χ2n) is 7.29. The fourth-order valence-corrected chi connectivity index (χ4v) is 3.14. The molecule has 0 aromatic heterocycles. The van der Waals surface area contributed by atoms with Gasteiger partial charge in [0.15, 0.2) is 5.96 Å². The third kappa shape index (κ3) is 6.90. The van der Waals surface area contributed by atoms with E-state index >= 15 is 0 Å². The van der Waals surface area contributed by atoms with Gasteiger partial charge in [-0.3, -0.25) is 4.99 Å². The zero-order valence-electron chi connectivity index (χ0n) is 16.7. The molecule has 2 aromatic rings. The van der Waals surface area contributed by atoms with Gasteiger partial charge in [-0.05, 0) is 48.9 Å². The highest BCUT2D eigenvalue weighted by Gasteiger charge is 2.21. The molecule has 0 heterocycles. The Morgan fingerprint density at radius 3 is 2.71 bits per heavy atom. The van der Waals surface area contributed by atoms with Crippen LogP contribution < -0.4 is 10.6 Å². The average molecular weight is 497 g/mol. The van der Waals surface area contributed by atoms with E-state index in [4.69, 9.17) is 4.74 Å². The summed E-state index contributed by atoms with van der Waals surface area (Å²) in [5.74, 6) is 1.42. The van der Waals surface area contributed by atoms with Gasteiger partial charge < -0.3 is 20.5 Å². The van der Waals surface area contributed by atoms with Crippen molar-refractivity contribution in [2.45, 2.75) is 38.8 Å². The number of nitrogens with one attached hydrogen (secondary N) is 2. The van der Waals surface area contributed by atoms with Crippen molar-refractivity contribution >= 4 is 40.7 Å². The molecule has 3 rings (SSSR count). The topological polar surface area (TPSA) is 65.9 Å². The van der Waals surface area contributed by atoms with E-state index in [1.807, 2.05) is 6.92 Å². The minimum atomic E-state index is -0.577. The summed E-state index contributed by atoms with van der Waals surface area (Å²) in [5, 5.41) is 19.3. The molecule has 0 aliphatic heterocycles. The van der Waals surface area contributed by atoms with Gasteiger partial charge in [-0.25, -0.2) is 0 Å². The summed E-state index contributed by atoms with van der Waals surface area (Å²) < 4.78 is 5.55. The number of aliphatic imine (C=N–C) groups is 1. The maximum absolute atomic E-state index is 10.1. The van der Waals surface area contributed by atoms with Gasteiger partial charge in [0.25, 0.3) is 0 Å². The van der Waals surface area contributed by atoms with Crippen molar-refractivity contribution in [2.75, 3.05) is 26.3 Å². The van der Waals surface area contributed by atoms with Crippen molar-refractivity contribution in [2.24, 2.45) is 10.9 Å². The third-order valence-electron chi connectivity index (χ3n) is 4.81. The molecule has 5 nitrogen and oxygen atoms in total. The Kier molecular flexibility index (Phi) is 9.47. The number of aliphatic hydroxyl groups is 1. The number of aliphatic hydroxyl groups excluding tert-OH is 1. The summed E-state index contributed by atoms with van der Waals surface area (Å²) in [6.07, 6.45) is 1.94. The molecule has 0 spiro atoms. The highest BCUT2D eigenvalue weighted by atomic mass is 127. The number of hydrogen-bond acceptors (Lipinski definition) is 3. The van der Waals surface area contributed by atoms with Crippen LogP contribution in [0.2, 0.25) is 0 Å². The van der Waals surface area contributed by atoms with Crippen LogP contribution in [0.15, 0.2) is 47.5 Å². The molecule has 2 aromatic carbocycles. The standard InChI is InChI=1S/C22H31N3O2.HI/c1-3-23-22(24-13-19(26)15-27-14-17-11-12-17)25-16(2)20-10-6-8-18-7-4-5-9-21(18)20;/h4-10,16-17,19,26H,3,11-15H2,1-2H3,(H2,23,24,25);1H. The average Bonchev–Trinajstić information content (AvgIpc) is 3.50. The summed E-state index contributed by atoms with van der Waals surface area (Å²) in [5.41, 5.74) is 1.23. The first-order valence-corrected chi connectivity index (χ1v) is 9.95. The molecule has 3 N–H and O–H groups in total. The van der Waals surface area contributed by atoms with Crippen LogP contribution in [0, 0.1) is 5.92 Å². The normalized spacial score (nSPS) is 16.3. The molecular formula is C22H32IN3O2. The van der Waals surface area contributed by atoms with Gasteiger partial charge in [0, 0.05) is 13.2 Å². The highest BCUT2D eigenvalue weighted by molar-refractivity contribution is 14.0. The van der Waals surface area contributed by atoms with E-state index in [9.17, 15) is 5.11 Å². The third-order valence-corrected chi connectivity index (χ3v) is 4.81. The van der Waals surface area contributed by atoms with E-state index in [1.165, 1.54) is 29.2 Å². The van der Waals surface area contributed by atoms with E-state index in [-0.39, 0.29) is 30.0 Å². The molecule has 0 radical (unpaired) electrons. The Hall–Kier alpha value is -1.38. The van der Waals surface area contributed by atoms with Crippen LogP contribution >= 0.6 is 24.0 Å². The second kappa shape index (κ2) is 11.6. The fourth-order valence-electron chi connectivity index (χ4n) is 3.14. The molecule has 0 amide bonds. The zero-order chi connectivity index (χ0) is 19.1. The first-order valence-electron chi connectivity index (χ1n) is 9.95. The first kappa shape index (κ1) is 22.9. The lowest BCUT2D eigenvalue weighted by Crippen LogP contribution is -2.39. The van der Waals surface area contributed by atoms with Gasteiger partial charge in [0.05, 0.1) is 25.3 Å². The zero-order valence-corrected chi connectivity index (χ0v) is 19.1. The second-order valence-corrected chi connectivity index (χ2v) is 7.29. The van der Waals surface area contributed by atoms with Crippen molar-refractivity contribution in [3.8, 4) is 0 Å². The number of benzene rings is 2. The molecule has 6 heteroatoms. The summed E-state index contributed by atoms with van der Waals surface area (Å²) in [6, 6.07) is 14.8. The van der Waals surface area contributed by atoms with E-state index in [2.05, 4.69) is 65.0 Å². The van der Waals surface area contributed by atoms with Gasteiger partial charge in [0.2, 0.25) is 0 Å². The van der Waals surface area contributed by atoms with Crippen molar-refractivity contribution < 1.29 is 9.84 Å². The largest absolute Gasteiger partial charge is 0.389 e. The van der Waals surface area contributed by atoms with Gasteiger partial charge in [0.1, 0.15) is 0 Å². The summed E-state index contributed by atoms with van der Waals surface area (Å²) in [6.45, 7) is 6.36. The number of hydrogen-bond donors (Lipinski definition) is 3. The van der Waals surface area contributed by atoms with Crippen molar-refractivity contribution in [3.05, 3.63) is 48.0 Å². The van der Waals surface area contributed by atoms with Crippen LogP contribution in [-0.2, 0) is 4.74 Å². The molecule has 1 aliphatic carbocycles. The molecule has 0 saturated heterocycles. The Morgan fingerprint density at radius 1 is 1.21 bits per heavy atom. The molecule has 2 unspecified atom stereocenters. The Labute approximate surface area is 185 Å². The molecule has 2 atom stereocenters. The van der Waals surface area contributed by atoms with E-state index in [0.717, 1.165) is 13.2 Å². The maximum Gasteiger partial charge on any atom is 0.191 e. The summed E-state index contributed by atoms with van der Waals surface area (Å²) >= 11 is 0. The molecule has 1 saturated carbocycles. The molecule has 1 fully saturated rings. The predicted octanol–water partition coefficient (Wildman–Crippen LogP) is 3.86.